The van der Waals surface area contributed by atoms with E-state index in [2.05, 4.69) is 20.6 Å². The van der Waals surface area contributed by atoms with Crippen LogP contribution in [0.2, 0.25) is 0 Å². The van der Waals surface area contributed by atoms with Crippen molar-refractivity contribution in [2.45, 2.75) is 45.2 Å². The molecule has 0 saturated heterocycles. The molecule has 0 aliphatic heterocycles. The first-order valence-corrected chi connectivity index (χ1v) is 6.33. The maximum atomic E-state index is 11.7. The highest BCUT2D eigenvalue weighted by Gasteiger charge is 2.21. The first-order chi connectivity index (χ1) is 9.06. The predicted octanol–water partition coefficient (Wildman–Crippen LogP) is 0.893. The number of aromatic amines is 1. The second kappa shape index (κ2) is 7.40. The minimum Gasteiger partial charge on any atom is -0.480 e. The summed E-state index contributed by atoms with van der Waals surface area (Å²) in [6.07, 6.45) is 4.80. The molecule has 0 unspecified atom stereocenters. The Labute approximate surface area is 111 Å². The third-order valence-electron chi connectivity index (χ3n) is 2.90. The summed E-state index contributed by atoms with van der Waals surface area (Å²) in [5.41, 5.74) is 0.662. The van der Waals surface area contributed by atoms with Gasteiger partial charge in [0.15, 0.2) is 0 Å². The van der Waals surface area contributed by atoms with E-state index in [9.17, 15) is 9.59 Å². The molecule has 7 heteroatoms. The summed E-state index contributed by atoms with van der Waals surface area (Å²) in [4.78, 5) is 29.4. The molecule has 1 atom stereocenters. The van der Waals surface area contributed by atoms with Gasteiger partial charge in [-0.25, -0.2) is 14.6 Å². The molecular formula is C12H20N4O3. The number of hydrogen-bond acceptors (Lipinski definition) is 3. The molecule has 1 aromatic rings. The number of amides is 2. The largest absolute Gasteiger partial charge is 0.480 e. The molecule has 1 rings (SSSR count). The number of hydrogen-bond donors (Lipinski definition) is 4. The molecule has 0 aromatic carbocycles. The van der Waals surface area contributed by atoms with Gasteiger partial charge in [-0.3, -0.25) is 0 Å². The molecule has 0 aliphatic rings. The van der Waals surface area contributed by atoms with Crippen molar-refractivity contribution in [2.24, 2.45) is 0 Å². The fraction of sp³-hybridized carbons (Fsp3) is 0.583. The number of H-pyrrole nitrogens is 1. The lowest BCUT2D eigenvalue weighted by Gasteiger charge is -2.18. The van der Waals surface area contributed by atoms with Crippen LogP contribution in [-0.4, -0.2) is 39.2 Å². The molecule has 7 nitrogen and oxygen atoms in total. The zero-order valence-corrected chi connectivity index (χ0v) is 11.1. The quantitative estimate of drug-likeness (QED) is 0.589. The van der Waals surface area contributed by atoms with Gasteiger partial charge in [0.2, 0.25) is 0 Å². The monoisotopic (exact) mass is 268 g/mol. The van der Waals surface area contributed by atoms with Crippen LogP contribution in [0.15, 0.2) is 12.5 Å². The second-order valence-corrected chi connectivity index (χ2v) is 4.30. The topological polar surface area (TPSA) is 107 Å². The summed E-state index contributed by atoms with van der Waals surface area (Å²) in [7, 11) is 0. The van der Waals surface area contributed by atoms with Crippen LogP contribution in [0.1, 0.15) is 32.4 Å². The van der Waals surface area contributed by atoms with Crippen molar-refractivity contribution >= 4 is 12.0 Å². The molecule has 106 valence electrons. The van der Waals surface area contributed by atoms with Crippen molar-refractivity contribution < 1.29 is 14.7 Å². The molecule has 4 N–H and O–H groups in total. The van der Waals surface area contributed by atoms with Gasteiger partial charge in [-0.1, -0.05) is 13.8 Å². The fourth-order valence-corrected chi connectivity index (χ4v) is 1.69. The van der Waals surface area contributed by atoms with Crippen molar-refractivity contribution in [3.63, 3.8) is 0 Å². The van der Waals surface area contributed by atoms with Gasteiger partial charge in [0.05, 0.1) is 6.33 Å². The van der Waals surface area contributed by atoms with E-state index in [-0.39, 0.29) is 12.5 Å². The molecule has 1 aromatic heterocycles. The van der Waals surface area contributed by atoms with Gasteiger partial charge in [0, 0.05) is 24.4 Å². The van der Waals surface area contributed by atoms with Gasteiger partial charge in [0.25, 0.3) is 0 Å². The van der Waals surface area contributed by atoms with Gasteiger partial charge < -0.3 is 20.7 Å². The number of urea groups is 1. The Bertz CT molecular complexity index is 401. The number of carboxylic acids is 1. The molecular weight excluding hydrogens is 248 g/mol. The van der Waals surface area contributed by atoms with Crippen molar-refractivity contribution in [1.29, 1.82) is 0 Å². The van der Waals surface area contributed by atoms with Crippen molar-refractivity contribution in [1.82, 2.24) is 20.6 Å². The molecule has 0 saturated carbocycles. The van der Waals surface area contributed by atoms with Crippen LogP contribution in [0, 0.1) is 0 Å². The Balaban J connectivity index is 2.53. The summed E-state index contributed by atoms with van der Waals surface area (Å²) in [5, 5.41) is 14.3. The standard InChI is InChI=1S/C12H20N4O3/c1-3-8(4-2)15-12(19)16-10(11(17)18)5-9-6-13-7-14-9/h6-8,10H,3-5H2,1-2H3,(H,13,14)(H,17,18)(H2,15,16,19)/t10-/m0/s1. The smallest absolute Gasteiger partial charge is 0.326 e. The number of aliphatic carboxylic acids is 1. The van der Waals surface area contributed by atoms with E-state index < -0.39 is 18.0 Å². The Morgan fingerprint density at radius 3 is 2.53 bits per heavy atom. The van der Waals surface area contributed by atoms with Gasteiger partial charge in [0.1, 0.15) is 6.04 Å². The molecule has 0 fully saturated rings. The zero-order chi connectivity index (χ0) is 14.3. The summed E-state index contributed by atoms with van der Waals surface area (Å²) in [6, 6.07) is -1.38. The fourth-order valence-electron chi connectivity index (χ4n) is 1.69. The number of carbonyl (C=O) groups excluding carboxylic acids is 1. The first kappa shape index (κ1) is 15.0. The van der Waals surface area contributed by atoms with Crippen LogP contribution in [0.3, 0.4) is 0 Å². The average molecular weight is 268 g/mol. The normalized spacial score (nSPS) is 12.2. The van der Waals surface area contributed by atoms with E-state index in [1.165, 1.54) is 12.5 Å². The van der Waals surface area contributed by atoms with E-state index >= 15 is 0 Å². The highest BCUT2D eigenvalue weighted by molar-refractivity contribution is 5.82. The van der Waals surface area contributed by atoms with E-state index in [1.807, 2.05) is 13.8 Å². The lowest BCUT2D eigenvalue weighted by molar-refractivity contribution is -0.139. The highest BCUT2D eigenvalue weighted by atomic mass is 16.4. The minimum atomic E-state index is -1.07. The average Bonchev–Trinajstić information content (AvgIpc) is 2.87. The van der Waals surface area contributed by atoms with E-state index in [0.717, 1.165) is 12.8 Å². The number of imidazole rings is 1. The number of rotatable bonds is 7. The van der Waals surface area contributed by atoms with E-state index in [0.29, 0.717) is 5.69 Å². The SMILES string of the molecule is CCC(CC)NC(=O)N[C@@H](Cc1cnc[nH]1)C(=O)O. The Kier molecular flexibility index (Phi) is 5.84. The van der Waals surface area contributed by atoms with Crippen LogP contribution in [0.25, 0.3) is 0 Å². The Morgan fingerprint density at radius 1 is 1.37 bits per heavy atom. The second-order valence-electron chi connectivity index (χ2n) is 4.30. The van der Waals surface area contributed by atoms with Gasteiger partial charge >= 0.3 is 12.0 Å². The summed E-state index contributed by atoms with van der Waals surface area (Å²) in [5.74, 6) is -1.07. The number of carbonyl (C=O) groups is 2. The van der Waals surface area contributed by atoms with Crippen LogP contribution < -0.4 is 10.6 Å². The third-order valence-corrected chi connectivity index (χ3v) is 2.90. The molecule has 0 bridgehead atoms. The highest BCUT2D eigenvalue weighted by Crippen LogP contribution is 2.00. The third kappa shape index (κ3) is 4.99. The number of carboxylic acid groups (broad SMARTS) is 1. The Hall–Kier alpha value is -2.05. The van der Waals surface area contributed by atoms with Crippen molar-refractivity contribution in [3.05, 3.63) is 18.2 Å². The number of nitrogens with zero attached hydrogens (tertiary/aromatic N) is 1. The van der Waals surface area contributed by atoms with E-state index in [4.69, 9.17) is 5.11 Å². The molecule has 1 heterocycles. The van der Waals surface area contributed by atoms with Crippen molar-refractivity contribution in [2.75, 3.05) is 0 Å². The van der Waals surface area contributed by atoms with Crippen LogP contribution >= 0.6 is 0 Å². The number of aromatic nitrogens is 2. The van der Waals surface area contributed by atoms with Gasteiger partial charge in [-0.2, -0.15) is 0 Å². The predicted molar refractivity (Wildman–Crippen MR) is 69.8 cm³/mol. The van der Waals surface area contributed by atoms with Gasteiger partial charge in [-0.15, -0.1) is 0 Å². The lowest BCUT2D eigenvalue weighted by Crippen LogP contribution is -2.49. The number of nitrogens with one attached hydrogen (secondary N) is 3. The zero-order valence-electron chi connectivity index (χ0n) is 11.1. The first-order valence-electron chi connectivity index (χ1n) is 6.33. The summed E-state index contributed by atoms with van der Waals surface area (Å²) >= 11 is 0. The molecule has 0 aliphatic carbocycles. The lowest BCUT2D eigenvalue weighted by atomic mass is 10.1. The Morgan fingerprint density at radius 2 is 2.05 bits per heavy atom. The maximum absolute atomic E-state index is 11.7. The molecule has 0 spiro atoms. The van der Waals surface area contributed by atoms with Crippen LogP contribution in [0.5, 0.6) is 0 Å². The van der Waals surface area contributed by atoms with Gasteiger partial charge in [-0.05, 0) is 12.8 Å². The molecule has 19 heavy (non-hydrogen) atoms. The van der Waals surface area contributed by atoms with Crippen LogP contribution in [-0.2, 0) is 11.2 Å². The van der Waals surface area contributed by atoms with Crippen molar-refractivity contribution in [3.8, 4) is 0 Å². The van der Waals surface area contributed by atoms with Crippen LogP contribution in [0.4, 0.5) is 4.79 Å². The summed E-state index contributed by atoms with van der Waals surface area (Å²) < 4.78 is 0. The molecule has 0 radical (unpaired) electrons. The van der Waals surface area contributed by atoms with E-state index in [1.54, 1.807) is 0 Å². The maximum Gasteiger partial charge on any atom is 0.326 e. The molecule has 2 amide bonds. The minimum absolute atomic E-state index is 0.0570. The summed E-state index contributed by atoms with van der Waals surface area (Å²) in [6.45, 7) is 3.93.